The highest BCUT2D eigenvalue weighted by atomic mass is 16.5. The second-order valence-electron chi connectivity index (χ2n) is 8.36. The zero-order chi connectivity index (χ0) is 23.4. The molecule has 0 radical (unpaired) electrons. The van der Waals surface area contributed by atoms with Gasteiger partial charge in [-0.05, 0) is 62.1 Å². The van der Waals surface area contributed by atoms with Gasteiger partial charge in [-0.1, -0.05) is 19.1 Å². The third-order valence-corrected chi connectivity index (χ3v) is 5.81. The monoisotopic (exact) mass is 448 g/mol. The van der Waals surface area contributed by atoms with Gasteiger partial charge >= 0.3 is 11.7 Å². The Labute approximate surface area is 192 Å². The molecular weight excluding hydrogens is 420 g/mol. The number of para-hydroxylation sites is 1. The summed E-state index contributed by atoms with van der Waals surface area (Å²) >= 11 is 0. The fourth-order valence-electron chi connectivity index (χ4n) is 4.24. The molecule has 1 N–H and O–H groups in total. The molecule has 1 fully saturated rings. The predicted molar refractivity (Wildman–Crippen MR) is 128 cm³/mol. The maximum absolute atomic E-state index is 12.9. The summed E-state index contributed by atoms with van der Waals surface area (Å²) in [6, 6.07) is 14.0. The molecule has 1 aromatic heterocycles. The molecular formula is C25H28N4O4. The molecule has 2 heterocycles. The zero-order valence-corrected chi connectivity index (χ0v) is 18.9. The molecule has 1 amide bonds. The quantitative estimate of drug-likeness (QED) is 0.581. The third kappa shape index (κ3) is 5.05. The molecule has 8 heteroatoms. The Kier molecular flexibility index (Phi) is 6.72. The molecule has 8 nitrogen and oxygen atoms in total. The molecule has 1 atom stereocenters. The van der Waals surface area contributed by atoms with Crippen LogP contribution in [0.1, 0.15) is 37.0 Å². The Morgan fingerprint density at radius 3 is 2.64 bits per heavy atom. The zero-order valence-electron chi connectivity index (χ0n) is 18.9. The van der Waals surface area contributed by atoms with E-state index in [0.29, 0.717) is 35.1 Å². The lowest BCUT2D eigenvalue weighted by atomic mass is 10.00. The van der Waals surface area contributed by atoms with Gasteiger partial charge < -0.3 is 15.0 Å². The van der Waals surface area contributed by atoms with Crippen molar-refractivity contribution in [3.05, 3.63) is 64.6 Å². The summed E-state index contributed by atoms with van der Waals surface area (Å²) in [5, 5.41) is 3.63. The van der Waals surface area contributed by atoms with Gasteiger partial charge in [-0.25, -0.2) is 9.59 Å². The number of carbonyl (C=O) groups is 2. The van der Waals surface area contributed by atoms with E-state index in [9.17, 15) is 14.4 Å². The maximum atomic E-state index is 12.9. The number of esters is 1. The molecule has 33 heavy (non-hydrogen) atoms. The summed E-state index contributed by atoms with van der Waals surface area (Å²) in [6.45, 7) is 5.81. The van der Waals surface area contributed by atoms with Gasteiger partial charge in [0.15, 0.2) is 0 Å². The number of benzene rings is 2. The number of hydrogen-bond acceptors (Lipinski definition) is 6. The second kappa shape index (κ2) is 9.85. The number of amides is 1. The first-order valence-electron chi connectivity index (χ1n) is 11.3. The topological polar surface area (TPSA) is 93.5 Å². The van der Waals surface area contributed by atoms with Crippen molar-refractivity contribution < 1.29 is 14.3 Å². The molecule has 1 aliphatic heterocycles. The van der Waals surface area contributed by atoms with Gasteiger partial charge in [0.2, 0.25) is 5.91 Å². The Morgan fingerprint density at radius 2 is 1.91 bits per heavy atom. The fraction of sp³-hybridized carbons (Fsp3) is 0.360. The lowest BCUT2D eigenvalue weighted by Crippen LogP contribution is -2.38. The van der Waals surface area contributed by atoms with E-state index in [1.54, 1.807) is 31.2 Å². The van der Waals surface area contributed by atoms with Crippen molar-refractivity contribution >= 4 is 34.3 Å². The van der Waals surface area contributed by atoms with E-state index in [0.717, 1.165) is 24.9 Å². The van der Waals surface area contributed by atoms with Crippen LogP contribution in [0.15, 0.2) is 53.3 Å². The molecule has 2 aromatic carbocycles. The van der Waals surface area contributed by atoms with Crippen molar-refractivity contribution in [2.24, 2.45) is 5.92 Å². The van der Waals surface area contributed by atoms with Crippen LogP contribution < -0.4 is 15.9 Å². The number of aromatic nitrogens is 2. The van der Waals surface area contributed by atoms with Gasteiger partial charge in [0.25, 0.3) is 0 Å². The largest absolute Gasteiger partial charge is 0.462 e. The number of nitrogens with zero attached hydrogens (tertiary/aromatic N) is 3. The van der Waals surface area contributed by atoms with Gasteiger partial charge in [0, 0.05) is 24.2 Å². The smallest absolute Gasteiger partial charge is 0.350 e. The van der Waals surface area contributed by atoms with Crippen LogP contribution in [0, 0.1) is 5.92 Å². The molecule has 0 aliphatic carbocycles. The van der Waals surface area contributed by atoms with Crippen molar-refractivity contribution in [2.45, 2.75) is 33.2 Å². The van der Waals surface area contributed by atoms with E-state index < -0.39 is 11.7 Å². The molecule has 4 rings (SSSR count). The Balaban J connectivity index is 1.56. The summed E-state index contributed by atoms with van der Waals surface area (Å²) in [5.74, 6) is 0.464. The van der Waals surface area contributed by atoms with Crippen LogP contribution in [0.4, 0.5) is 11.5 Å². The Hall–Kier alpha value is -3.68. The van der Waals surface area contributed by atoms with Crippen molar-refractivity contribution in [1.82, 2.24) is 9.55 Å². The number of carbonyl (C=O) groups excluding carboxylic acids is 2. The first kappa shape index (κ1) is 22.5. The summed E-state index contributed by atoms with van der Waals surface area (Å²) in [4.78, 5) is 44.0. The number of fused-ring (bicyclic) bond motifs is 1. The number of ether oxygens (including phenoxy) is 1. The van der Waals surface area contributed by atoms with E-state index in [-0.39, 0.29) is 12.5 Å². The maximum Gasteiger partial charge on any atom is 0.350 e. The minimum absolute atomic E-state index is 0.164. The Morgan fingerprint density at radius 1 is 1.15 bits per heavy atom. The van der Waals surface area contributed by atoms with Crippen molar-refractivity contribution in [2.75, 3.05) is 29.9 Å². The molecule has 3 aromatic rings. The van der Waals surface area contributed by atoms with Crippen LogP contribution in [0.2, 0.25) is 0 Å². The van der Waals surface area contributed by atoms with E-state index >= 15 is 0 Å². The van der Waals surface area contributed by atoms with Gasteiger partial charge in [0.05, 0.1) is 17.7 Å². The van der Waals surface area contributed by atoms with Gasteiger partial charge in [-0.15, -0.1) is 0 Å². The van der Waals surface area contributed by atoms with Crippen LogP contribution in [0.5, 0.6) is 0 Å². The van der Waals surface area contributed by atoms with Crippen LogP contribution in [0.3, 0.4) is 0 Å². The minimum atomic E-state index is -0.449. The van der Waals surface area contributed by atoms with Crippen molar-refractivity contribution in [3.8, 4) is 0 Å². The average molecular weight is 449 g/mol. The number of rotatable bonds is 6. The van der Waals surface area contributed by atoms with Gasteiger partial charge in [-0.3, -0.25) is 9.36 Å². The summed E-state index contributed by atoms with van der Waals surface area (Å²) in [7, 11) is 0. The second-order valence-corrected chi connectivity index (χ2v) is 8.36. The number of nitrogens with one attached hydrogen (secondary N) is 1. The molecule has 0 bridgehead atoms. The van der Waals surface area contributed by atoms with Crippen LogP contribution in [-0.2, 0) is 16.1 Å². The third-order valence-electron chi connectivity index (χ3n) is 5.81. The fourth-order valence-corrected chi connectivity index (χ4v) is 4.24. The lowest BCUT2D eigenvalue weighted by molar-refractivity contribution is -0.116. The van der Waals surface area contributed by atoms with Gasteiger partial charge in [0.1, 0.15) is 12.4 Å². The van der Waals surface area contributed by atoms with Crippen LogP contribution in [-0.4, -0.2) is 41.1 Å². The number of hydrogen-bond donors (Lipinski definition) is 1. The molecule has 1 aliphatic rings. The normalized spacial score (nSPS) is 15.9. The first-order chi connectivity index (χ1) is 16.0. The summed E-state index contributed by atoms with van der Waals surface area (Å²) in [6.07, 6.45) is 2.24. The highest BCUT2D eigenvalue weighted by Crippen LogP contribution is 2.27. The molecule has 1 unspecified atom stereocenters. The summed E-state index contributed by atoms with van der Waals surface area (Å²) in [5.41, 5.74) is 1.16. The van der Waals surface area contributed by atoms with Crippen molar-refractivity contribution in [1.29, 1.82) is 0 Å². The highest BCUT2D eigenvalue weighted by Gasteiger charge is 2.22. The van der Waals surface area contributed by atoms with Gasteiger partial charge in [-0.2, -0.15) is 4.98 Å². The Bertz CT molecular complexity index is 1220. The van der Waals surface area contributed by atoms with E-state index in [1.165, 1.54) is 11.0 Å². The van der Waals surface area contributed by atoms with E-state index in [4.69, 9.17) is 4.74 Å². The number of piperidine rings is 1. The molecule has 1 saturated heterocycles. The average Bonchev–Trinajstić information content (AvgIpc) is 2.81. The van der Waals surface area contributed by atoms with Crippen molar-refractivity contribution in [3.63, 3.8) is 0 Å². The summed E-state index contributed by atoms with van der Waals surface area (Å²) < 4.78 is 6.36. The lowest BCUT2D eigenvalue weighted by Gasteiger charge is -2.32. The first-order valence-corrected chi connectivity index (χ1v) is 11.3. The predicted octanol–water partition coefficient (Wildman–Crippen LogP) is 3.45. The van der Waals surface area contributed by atoms with E-state index in [2.05, 4.69) is 22.1 Å². The SMILES string of the molecule is CCOC(=O)c1ccc(NC(=O)Cn2c(=O)nc(N3CCCC(C)C3)c3ccccc32)cc1. The molecule has 0 saturated carbocycles. The standard InChI is InChI=1S/C25H28N4O4/c1-3-33-24(31)18-10-12-19(13-11-18)26-22(30)16-29-21-9-5-4-8-20(21)23(27-25(29)32)28-14-6-7-17(2)15-28/h4-5,8-13,17H,3,6-7,14-16H2,1-2H3,(H,26,30). The highest BCUT2D eigenvalue weighted by molar-refractivity contribution is 5.95. The molecule has 0 spiro atoms. The van der Waals surface area contributed by atoms with E-state index in [1.807, 2.05) is 24.3 Å². The van der Waals surface area contributed by atoms with Crippen LogP contribution in [0.25, 0.3) is 10.9 Å². The minimum Gasteiger partial charge on any atom is -0.462 e. The number of anilines is 2. The molecule has 172 valence electrons. The van der Waals surface area contributed by atoms with Crippen LogP contribution >= 0.6 is 0 Å².